The summed E-state index contributed by atoms with van der Waals surface area (Å²) in [4.78, 5) is 14.1. The van der Waals surface area contributed by atoms with Crippen LogP contribution in [0, 0.1) is 0 Å². The molecule has 0 bridgehead atoms. The molecule has 23 heavy (non-hydrogen) atoms. The van der Waals surface area contributed by atoms with Crippen LogP contribution in [0.4, 0.5) is 0 Å². The maximum absolute atomic E-state index is 12.2. The lowest BCUT2D eigenvalue weighted by atomic mass is 10.1. The molecule has 3 rings (SSSR count). The van der Waals surface area contributed by atoms with Crippen LogP contribution in [0.2, 0.25) is 0 Å². The van der Waals surface area contributed by atoms with Gasteiger partial charge in [-0.05, 0) is 29.7 Å². The van der Waals surface area contributed by atoms with Gasteiger partial charge < -0.3 is 9.64 Å². The SMILES string of the molecule is CCc1ccc(C2SCC(=O)N2CCOc2ccccc2)cc1. The minimum absolute atomic E-state index is 0.104. The highest BCUT2D eigenvalue weighted by atomic mass is 32.2. The van der Waals surface area contributed by atoms with Crippen molar-refractivity contribution in [1.82, 2.24) is 4.90 Å². The third-order valence-electron chi connectivity index (χ3n) is 3.99. The summed E-state index contributed by atoms with van der Waals surface area (Å²) in [6, 6.07) is 18.3. The van der Waals surface area contributed by atoms with Crippen molar-refractivity contribution in [2.45, 2.75) is 18.7 Å². The Bertz CT molecular complexity index is 642. The van der Waals surface area contributed by atoms with Crippen molar-refractivity contribution in [1.29, 1.82) is 0 Å². The van der Waals surface area contributed by atoms with Crippen LogP contribution in [-0.2, 0) is 11.2 Å². The molecule has 1 aliphatic rings. The number of nitrogens with zero attached hydrogens (tertiary/aromatic N) is 1. The number of amides is 1. The summed E-state index contributed by atoms with van der Waals surface area (Å²) >= 11 is 1.69. The van der Waals surface area contributed by atoms with Gasteiger partial charge in [0.15, 0.2) is 0 Å². The van der Waals surface area contributed by atoms with Gasteiger partial charge in [0, 0.05) is 0 Å². The van der Waals surface area contributed by atoms with Crippen LogP contribution < -0.4 is 4.74 Å². The Kier molecular flexibility index (Phi) is 5.23. The molecule has 120 valence electrons. The van der Waals surface area contributed by atoms with Crippen LogP contribution >= 0.6 is 11.8 Å². The molecule has 0 aliphatic carbocycles. The number of thioether (sulfide) groups is 1. The molecule has 0 radical (unpaired) electrons. The molecule has 4 heteroatoms. The molecule has 3 nitrogen and oxygen atoms in total. The number of carbonyl (C=O) groups is 1. The first kappa shape index (κ1) is 15.9. The fraction of sp³-hybridized carbons (Fsp3) is 0.316. The van der Waals surface area contributed by atoms with Crippen LogP contribution in [0.25, 0.3) is 0 Å². The van der Waals surface area contributed by atoms with Crippen molar-refractivity contribution in [3.8, 4) is 5.75 Å². The van der Waals surface area contributed by atoms with E-state index in [1.807, 2.05) is 35.2 Å². The first-order valence-electron chi connectivity index (χ1n) is 7.95. The molecule has 2 aromatic rings. The van der Waals surface area contributed by atoms with Crippen LogP contribution in [0.15, 0.2) is 54.6 Å². The van der Waals surface area contributed by atoms with Gasteiger partial charge in [0.25, 0.3) is 0 Å². The van der Waals surface area contributed by atoms with Gasteiger partial charge in [-0.25, -0.2) is 0 Å². The Morgan fingerprint density at radius 2 is 1.87 bits per heavy atom. The Balaban J connectivity index is 1.62. The maximum atomic E-state index is 12.2. The second-order valence-corrected chi connectivity index (χ2v) is 6.58. The summed E-state index contributed by atoms with van der Waals surface area (Å²) in [5.41, 5.74) is 2.51. The van der Waals surface area contributed by atoms with Gasteiger partial charge in [-0.2, -0.15) is 0 Å². The van der Waals surface area contributed by atoms with E-state index < -0.39 is 0 Å². The van der Waals surface area contributed by atoms with Gasteiger partial charge in [-0.15, -0.1) is 11.8 Å². The second-order valence-electron chi connectivity index (χ2n) is 5.51. The Morgan fingerprint density at radius 3 is 2.57 bits per heavy atom. The molecule has 2 aromatic carbocycles. The maximum Gasteiger partial charge on any atom is 0.233 e. The average molecular weight is 327 g/mol. The van der Waals surface area contributed by atoms with Crippen LogP contribution in [-0.4, -0.2) is 29.7 Å². The van der Waals surface area contributed by atoms with Gasteiger partial charge in [0.1, 0.15) is 17.7 Å². The molecule has 0 N–H and O–H groups in total. The van der Waals surface area contributed by atoms with Gasteiger partial charge in [0.05, 0.1) is 12.3 Å². The summed E-state index contributed by atoms with van der Waals surface area (Å²) in [5, 5.41) is 0.104. The lowest BCUT2D eigenvalue weighted by Crippen LogP contribution is -2.32. The fourth-order valence-electron chi connectivity index (χ4n) is 2.67. The van der Waals surface area contributed by atoms with E-state index in [1.54, 1.807) is 11.8 Å². The van der Waals surface area contributed by atoms with E-state index in [2.05, 4.69) is 31.2 Å². The summed E-state index contributed by atoms with van der Waals surface area (Å²) in [6.45, 7) is 3.27. The number of hydrogen-bond acceptors (Lipinski definition) is 3. The van der Waals surface area contributed by atoms with Crippen molar-refractivity contribution < 1.29 is 9.53 Å². The molecule has 1 fully saturated rings. The zero-order valence-electron chi connectivity index (χ0n) is 13.3. The van der Waals surface area contributed by atoms with E-state index in [1.165, 1.54) is 11.1 Å². The molecule has 1 unspecified atom stereocenters. The topological polar surface area (TPSA) is 29.5 Å². The molecule has 1 heterocycles. The van der Waals surface area contributed by atoms with Crippen LogP contribution in [0.5, 0.6) is 5.75 Å². The van der Waals surface area contributed by atoms with Gasteiger partial charge in [-0.3, -0.25) is 4.79 Å². The van der Waals surface area contributed by atoms with E-state index >= 15 is 0 Å². The van der Waals surface area contributed by atoms with E-state index in [0.717, 1.165) is 12.2 Å². The minimum Gasteiger partial charge on any atom is -0.492 e. The monoisotopic (exact) mass is 327 g/mol. The number of rotatable bonds is 6. The number of benzene rings is 2. The number of para-hydroxylation sites is 1. The summed E-state index contributed by atoms with van der Waals surface area (Å²) < 4.78 is 5.73. The summed E-state index contributed by atoms with van der Waals surface area (Å²) in [5.74, 6) is 1.58. The smallest absolute Gasteiger partial charge is 0.233 e. The van der Waals surface area contributed by atoms with Crippen LogP contribution in [0.3, 0.4) is 0 Å². The number of aryl methyl sites for hydroxylation is 1. The Hall–Kier alpha value is -1.94. The summed E-state index contributed by atoms with van der Waals surface area (Å²) in [6.07, 6.45) is 1.03. The fourth-order valence-corrected chi connectivity index (χ4v) is 3.89. The first-order chi connectivity index (χ1) is 11.3. The van der Waals surface area contributed by atoms with Crippen LogP contribution in [0.1, 0.15) is 23.4 Å². The van der Waals surface area contributed by atoms with Crippen molar-refractivity contribution in [3.05, 3.63) is 65.7 Å². The zero-order chi connectivity index (χ0) is 16.1. The average Bonchev–Trinajstić information content (AvgIpc) is 2.97. The molecule has 1 aliphatic heterocycles. The van der Waals surface area contributed by atoms with E-state index in [0.29, 0.717) is 18.9 Å². The number of ether oxygens (including phenoxy) is 1. The van der Waals surface area contributed by atoms with E-state index in [9.17, 15) is 4.79 Å². The highest BCUT2D eigenvalue weighted by Crippen LogP contribution is 2.38. The molecular formula is C19H21NO2S. The molecule has 1 saturated heterocycles. The van der Waals surface area contributed by atoms with Crippen molar-refractivity contribution in [3.63, 3.8) is 0 Å². The van der Waals surface area contributed by atoms with Crippen molar-refractivity contribution in [2.24, 2.45) is 0 Å². The quantitative estimate of drug-likeness (QED) is 0.806. The highest BCUT2D eigenvalue weighted by molar-refractivity contribution is 8.00. The highest BCUT2D eigenvalue weighted by Gasteiger charge is 2.32. The molecule has 0 aromatic heterocycles. The number of carbonyl (C=O) groups excluding carboxylic acids is 1. The van der Waals surface area contributed by atoms with Gasteiger partial charge in [0.2, 0.25) is 5.91 Å². The van der Waals surface area contributed by atoms with Crippen molar-refractivity contribution >= 4 is 17.7 Å². The predicted octanol–water partition coefficient (Wildman–Crippen LogP) is 3.90. The Morgan fingerprint density at radius 1 is 1.13 bits per heavy atom. The molecule has 0 spiro atoms. The molecular weight excluding hydrogens is 306 g/mol. The van der Waals surface area contributed by atoms with Gasteiger partial charge >= 0.3 is 0 Å². The third-order valence-corrected chi connectivity index (χ3v) is 5.24. The molecule has 1 amide bonds. The van der Waals surface area contributed by atoms with Crippen molar-refractivity contribution in [2.75, 3.05) is 18.9 Å². The summed E-state index contributed by atoms with van der Waals surface area (Å²) in [7, 11) is 0. The standard InChI is InChI=1S/C19H21NO2S/c1-2-15-8-10-16(11-9-15)19-20(18(21)14-23-19)12-13-22-17-6-4-3-5-7-17/h3-11,19H,2,12-14H2,1H3. The minimum atomic E-state index is 0.104. The van der Waals surface area contributed by atoms with E-state index in [4.69, 9.17) is 4.74 Å². The first-order valence-corrected chi connectivity index (χ1v) is 9.00. The second kappa shape index (κ2) is 7.55. The van der Waals surface area contributed by atoms with Gasteiger partial charge in [-0.1, -0.05) is 49.4 Å². The lowest BCUT2D eigenvalue weighted by Gasteiger charge is -2.24. The molecule has 0 saturated carbocycles. The lowest BCUT2D eigenvalue weighted by molar-refractivity contribution is -0.128. The third kappa shape index (κ3) is 3.88. The molecule has 1 atom stereocenters. The predicted molar refractivity (Wildman–Crippen MR) is 94.7 cm³/mol. The Labute approximate surface area is 141 Å². The largest absolute Gasteiger partial charge is 0.492 e. The van der Waals surface area contributed by atoms with E-state index in [-0.39, 0.29) is 11.3 Å². The number of hydrogen-bond donors (Lipinski definition) is 0. The normalized spacial score (nSPS) is 17.5. The zero-order valence-corrected chi connectivity index (χ0v) is 14.1.